The fraction of sp³-hybridized carbons (Fsp3) is 0.692. The first kappa shape index (κ1) is 12.6. The van der Waals surface area contributed by atoms with Gasteiger partial charge in [0, 0.05) is 18.3 Å². The van der Waals surface area contributed by atoms with Gasteiger partial charge in [-0.2, -0.15) is 5.10 Å². The van der Waals surface area contributed by atoms with E-state index in [9.17, 15) is 4.79 Å². The zero-order valence-electron chi connectivity index (χ0n) is 11.1. The van der Waals surface area contributed by atoms with Gasteiger partial charge < -0.3 is 14.8 Å². The van der Waals surface area contributed by atoms with Crippen LogP contribution in [-0.4, -0.2) is 41.6 Å². The molecule has 1 aromatic heterocycles. The van der Waals surface area contributed by atoms with Crippen LogP contribution in [0, 0.1) is 0 Å². The SMILES string of the molecule is Cn1ncc2c1CCCC2NC(=O)C1COCCO1. The predicted molar refractivity (Wildman–Crippen MR) is 67.6 cm³/mol. The van der Waals surface area contributed by atoms with Crippen molar-refractivity contribution in [3.8, 4) is 0 Å². The van der Waals surface area contributed by atoms with Crippen molar-refractivity contribution >= 4 is 5.91 Å². The molecule has 19 heavy (non-hydrogen) atoms. The van der Waals surface area contributed by atoms with Gasteiger partial charge in [-0.25, -0.2) is 0 Å². The second-order valence-electron chi connectivity index (χ2n) is 5.06. The maximum atomic E-state index is 12.1. The van der Waals surface area contributed by atoms with E-state index in [1.807, 2.05) is 17.9 Å². The Kier molecular flexibility index (Phi) is 3.52. The summed E-state index contributed by atoms with van der Waals surface area (Å²) < 4.78 is 12.6. The van der Waals surface area contributed by atoms with E-state index in [1.165, 1.54) is 5.69 Å². The van der Waals surface area contributed by atoms with Gasteiger partial charge in [0.1, 0.15) is 0 Å². The number of aryl methyl sites for hydroxylation is 1. The van der Waals surface area contributed by atoms with Crippen LogP contribution in [0.15, 0.2) is 6.20 Å². The third-order valence-corrected chi connectivity index (χ3v) is 3.80. The number of rotatable bonds is 2. The Bertz CT molecular complexity index is 466. The number of ether oxygens (including phenoxy) is 2. The minimum absolute atomic E-state index is 0.0514. The largest absolute Gasteiger partial charge is 0.376 e. The molecular formula is C13H19N3O3. The van der Waals surface area contributed by atoms with E-state index in [0.717, 1.165) is 24.8 Å². The van der Waals surface area contributed by atoms with Crippen LogP contribution in [0.25, 0.3) is 0 Å². The molecule has 6 heteroatoms. The normalized spacial score (nSPS) is 26.8. The first-order chi connectivity index (χ1) is 9.25. The van der Waals surface area contributed by atoms with Crippen molar-refractivity contribution in [1.29, 1.82) is 0 Å². The molecule has 104 valence electrons. The van der Waals surface area contributed by atoms with Crippen LogP contribution < -0.4 is 5.32 Å². The summed E-state index contributed by atoms with van der Waals surface area (Å²) in [6, 6.07) is 0.0514. The van der Waals surface area contributed by atoms with Crippen molar-refractivity contribution in [3.63, 3.8) is 0 Å². The predicted octanol–water partition coefficient (Wildman–Crippen LogP) is 0.329. The number of carbonyl (C=O) groups excluding carboxylic acids is 1. The Morgan fingerprint density at radius 2 is 2.42 bits per heavy atom. The summed E-state index contributed by atoms with van der Waals surface area (Å²) in [5, 5.41) is 7.34. The molecule has 2 heterocycles. The standard InChI is InChI=1S/C13H19N3O3/c1-16-11-4-2-3-10(9(11)7-14-16)15-13(17)12-8-18-5-6-19-12/h7,10,12H,2-6,8H2,1H3,(H,15,17). The van der Waals surface area contributed by atoms with Crippen LogP contribution in [0.4, 0.5) is 0 Å². The Balaban J connectivity index is 1.68. The molecule has 0 bridgehead atoms. The first-order valence-corrected chi connectivity index (χ1v) is 6.76. The molecule has 2 atom stereocenters. The minimum atomic E-state index is -0.476. The summed E-state index contributed by atoms with van der Waals surface area (Å²) in [6.07, 6.45) is 4.44. The van der Waals surface area contributed by atoms with Crippen molar-refractivity contribution in [2.24, 2.45) is 7.05 Å². The molecule has 0 radical (unpaired) electrons. The molecule has 2 aliphatic rings. The molecule has 1 aromatic rings. The van der Waals surface area contributed by atoms with Gasteiger partial charge in [-0.15, -0.1) is 0 Å². The van der Waals surface area contributed by atoms with Crippen molar-refractivity contribution < 1.29 is 14.3 Å². The molecule has 1 amide bonds. The van der Waals surface area contributed by atoms with Gasteiger partial charge in [0.15, 0.2) is 6.10 Å². The summed E-state index contributed by atoms with van der Waals surface area (Å²) in [5.74, 6) is -0.0820. The van der Waals surface area contributed by atoms with E-state index < -0.39 is 6.10 Å². The minimum Gasteiger partial charge on any atom is -0.376 e. The molecule has 2 unspecified atom stereocenters. The fourth-order valence-electron chi connectivity index (χ4n) is 2.76. The number of amides is 1. The van der Waals surface area contributed by atoms with Crippen LogP contribution in [0.1, 0.15) is 30.1 Å². The monoisotopic (exact) mass is 265 g/mol. The van der Waals surface area contributed by atoms with Crippen LogP contribution in [-0.2, 0) is 27.7 Å². The lowest BCUT2D eigenvalue weighted by Gasteiger charge is -2.27. The van der Waals surface area contributed by atoms with Gasteiger partial charge in [0.05, 0.1) is 32.1 Å². The number of carbonyl (C=O) groups is 1. The number of nitrogens with zero attached hydrogens (tertiary/aromatic N) is 2. The first-order valence-electron chi connectivity index (χ1n) is 6.76. The highest BCUT2D eigenvalue weighted by atomic mass is 16.6. The van der Waals surface area contributed by atoms with Gasteiger partial charge in [0.2, 0.25) is 0 Å². The molecule has 1 saturated heterocycles. The summed E-state index contributed by atoms with van der Waals surface area (Å²) >= 11 is 0. The molecular weight excluding hydrogens is 246 g/mol. The highest BCUT2D eigenvalue weighted by Gasteiger charge is 2.29. The fourth-order valence-corrected chi connectivity index (χ4v) is 2.76. The van der Waals surface area contributed by atoms with E-state index >= 15 is 0 Å². The maximum Gasteiger partial charge on any atom is 0.252 e. The number of hydrogen-bond acceptors (Lipinski definition) is 4. The highest BCUT2D eigenvalue weighted by molar-refractivity contribution is 5.81. The van der Waals surface area contributed by atoms with Crippen LogP contribution in [0.3, 0.4) is 0 Å². The smallest absolute Gasteiger partial charge is 0.252 e. The Hall–Kier alpha value is -1.40. The van der Waals surface area contributed by atoms with Crippen LogP contribution in [0.2, 0.25) is 0 Å². The summed E-state index contributed by atoms with van der Waals surface area (Å²) in [4.78, 5) is 12.1. The summed E-state index contributed by atoms with van der Waals surface area (Å²) in [5.41, 5.74) is 2.36. The van der Waals surface area contributed by atoms with Crippen molar-refractivity contribution in [3.05, 3.63) is 17.5 Å². The van der Waals surface area contributed by atoms with Gasteiger partial charge in [-0.1, -0.05) is 0 Å². The van der Waals surface area contributed by atoms with E-state index in [2.05, 4.69) is 10.4 Å². The second-order valence-corrected chi connectivity index (χ2v) is 5.06. The zero-order valence-corrected chi connectivity index (χ0v) is 11.1. The lowest BCUT2D eigenvalue weighted by Crippen LogP contribution is -2.44. The van der Waals surface area contributed by atoms with E-state index in [0.29, 0.717) is 19.8 Å². The number of hydrogen-bond donors (Lipinski definition) is 1. The third kappa shape index (κ3) is 2.50. The quantitative estimate of drug-likeness (QED) is 0.837. The van der Waals surface area contributed by atoms with Gasteiger partial charge in [-0.3, -0.25) is 9.48 Å². The molecule has 3 rings (SSSR count). The lowest BCUT2D eigenvalue weighted by atomic mass is 9.93. The zero-order chi connectivity index (χ0) is 13.2. The molecule has 0 aromatic carbocycles. The Morgan fingerprint density at radius 1 is 1.53 bits per heavy atom. The summed E-state index contributed by atoms with van der Waals surface area (Å²) in [7, 11) is 1.95. The molecule has 0 spiro atoms. The van der Waals surface area contributed by atoms with Crippen molar-refractivity contribution in [2.75, 3.05) is 19.8 Å². The number of nitrogens with one attached hydrogen (secondary N) is 1. The maximum absolute atomic E-state index is 12.1. The Morgan fingerprint density at radius 3 is 3.21 bits per heavy atom. The molecule has 1 aliphatic carbocycles. The summed E-state index contributed by atoms with van der Waals surface area (Å²) in [6.45, 7) is 1.40. The molecule has 1 fully saturated rings. The second kappa shape index (κ2) is 5.30. The molecule has 1 aliphatic heterocycles. The average molecular weight is 265 g/mol. The third-order valence-electron chi connectivity index (χ3n) is 3.80. The molecule has 0 saturated carbocycles. The van der Waals surface area contributed by atoms with Crippen molar-refractivity contribution in [1.82, 2.24) is 15.1 Å². The lowest BCUT2D eigenvalue weighted by molar-refractivity contribution is -0.148. The number of aromatic nitrogens is 2. The van der Waals surface area contributed by atoms with E-state index in [4.69, 9.17) is 9.47 Å². The van der Waals surface area contributed by atoms with Gasteiger partial charge >= 0.3 is 0 Å². The highest BCUT2D eigenvalue weighted by Crippen LogP contribution is 2.29. The van der Waals surface area contributed by atoms with Gasteiger partial charge in [-0.05, 0) is 19.3 Å². The van der Waals surface area contributed by atoms with E-state index in [1.54, 1.807) is 0 Å². The van der Waals surface area contributed by atoms with Crippen LogP contribution >= 0.6 is 0 Å². The Labute approximate surface area is 112 Å². The average Bonchev–Trinajstić information content (AvgIpc) is 2.83. The van der Waals surface area contributed by atoms with Crippen LogP contribution in [0.5, 0.6) is 0 Å². The van der Waals surface area contributed by atoms with E-state index in [-0.39, 0.29) is 11.9 Å². The molecule has 6 nitrogen and oxygen atoms in total. The molecule has 1 N–H and O–H groups in total. The topological polar surface area (TPSA) is 65.4 Å². The van der Waals surface area contributed by atoms with Crippen molar-refractivity contribution in [2.45, 2.75) is 31.4 Å². The van der Waals surface area contributed by atoms with Gasteiger partial charge in [0.25, 0.3) is 5.91 Å². The number of fused-ring (bicyclic) bond motifs is 1.